The second-order valence-corrected chi connectivity index (χ2v) is 8.40. The number of piperazine rings is 1. The number of carbonyl (C=O) groups is 2. The van der Waals surface area contributed by atoms with Gasteiger partial charge in [0.25, 0.3) is 11.5 Å². The number of pyridine rings is 1. The van der Waals surface area contributed by atoms with Crippen molar-refractivity contribution in [1.82, 2.24) is 24.3 Å². The molecule has 3 heterocycles. The van der Waals surface area contributed by atoms with Crippen LogP contribution in [0.2, 0.25) is 0 Å². The largest absolute Gasteiger partial charge is 0.496 e. The predicted octanol–water partition coefficient (Wildman–Crippen LogP) is 1.54. The molecule has 2 aliphatic rings. The van der Waals surface area contributed by atoms with E-state index in [0.717, 1.165) is 18.4 Å². The zero-order valence-corrected chi connectivity index (χ0v) is 18.4. The van der Waals surface area contributed by atoms with Gasteiger partial charge in [-0.05, 0) is 31.0 Å². The molecule has 1 aromatic carbocycles. The van der Waals surface area contributed by atoms with Crippen molar-refractivity contribution < 1.29 is 14.3 Å². The molecule has 1 aliphatic heterocycles. The highest BCUT2D eigenvalue weighted by molar-refractivity contribution is 5.94. The Morgan fingerprint density at radius 2 is 1.76 bits per heavy atom. The number of rotatable bonds is 5. The standard InChI is InChI=1S/C24H25N5O4/c1-33-19-7-3-2-5-17(19)15-29-21-18(6-4-10-25-21)26-20(24(29)32)23(31)28-13-11-27(12-14-28)22(30)16-8-9-16/h2-7,10,16H,8-9,11-15H2,1H3. The number of nitrogens with zero attached hydrogens (tertiary/aromatic N) is 5. The highest BCUT2D eigenvalue weighted by Crippen LogP contribution is 2.31. The van der Waals surface area contributed by atoms with E-state index in [9.17, 15) is 14.4 Å². The molecule has 9 heteroatoms. The van der Waals surface area contributed by atoms with E-state index in [0.29, 0.717) is 43.1 Å². The van der Waals surface area contributed by atoms with Crippen molar-refractivity contribution in [3.63, 3.8) is 0 Å². The van der Waals surface area contributed by atoms with Gasteiger partial charge in [0.2, 0.25) is 5.91 Å². The van der Waals surface area contributed by atoms with Crippen molar-refractivity contribution in [3.8, 4) is 5.75 Å². The maximum Gasteiger partial charge on any atom is 0.284 e. The number of carbonyl (C=O) groups excluding carboxylic acids is 2. The lowest BCUT2D eigenvalue weighted by atomic mass is 10.2. The van der Waals surface area contributed by atoms with Crippen molar-refractivity contribution >= 4 is 23.0 Å². The Labute approximate surface area is 190 Å². The smallest absolute Gasteiger partial charge is 0.284 e. The number of hydrogen-bond acceptors (Lipinski definition) is 6. The van der Waals surface area contributed by atoms with E-state index < -0.39 is 11.5 Å². The van der Waals surface area contributed by atoms with Gasteiger partial charge < -0.3 is 14.5 Å². The highest BCUT2D eigenvalue weighted by Gasteiger charge is 2.35. The van der Waals surface area contributed by atoms with Crippen molar-refractivity contribution in [3.05, 3.63) is 64.2 Å². The van der Waals surface area contributed by atoms with E-state index in [4.69, 9.17) is 4.74 Å². The Bertz CT molecular complexity index is 1280. The van der Waals surface area contributed by atoms with E-state index in [1.54, 1.807) is 30.3 Å². The Balaban J connectivity index is 1.46. The van der Waals surface area contributed by atoms with Crippen molar-refractivity contribution in [2.45, 2.75) is 19.4 Å². The van der Waals surface area contributed by atoms with Crippen LogP contribution in [-0.4, -0.2) is 69.4 Å². The number of benzene rings is 1. The average molecular weight is 447 g/mol. The second-order valence-electron chi connectivity index (χ2n) is 8.40. The molecule has 33 heavy (non-hydrogen) atoms. The lowest BCUT2D eigenvalue weighted by Crippen LogP contribution is -2.52. The number of methoxy groups -OCH3 is 1. The first-order valence-electron chi connectivity index (χ1n) is 11.1. The number of fused-ring (bicyclic) bond motifs is 1. The van der Waals surface area contributed by atoms with Crippen LogP contribution in [0.3, 0.4) is 0 Å². The maximum absolute atomic E-state index is 13.4. The van der Waals surface area contributed by atoms with E-state index in [1.165, 1.54) is 4.57 Å². The molecule has 0 radical (unpaired) electrons. The SMILES string of the molecule is COc1ccccc1Cn1c(=O)c(C(=O)N2CCN(C(=O)C3CC3)CC2)nc2cccnc21. The third-order valence-electron chi connectivity index (χ3n) is 6.23. The van der Waals surface area contributed by atoms with Crippen LogP contribution in [0.15, 0.2) is 47.4 Å². The van der Waals surface area contributed by atoms with Gasteiger partial charge >= 0.3 is 0 Å². The number of amides is 2. The minimum absolute atomic E-state index is 0.132. The molecule has 0 bridgehead atoms. The molecular weight excluding hydrogens is 422 g/mol. The summed E-state index contributed by atoms with van der Waals surface area (Å²) in [5, 5.41) is 0. The van der Waals surface area contributed by atoms with Crippen molar-refractivity contribution in [2.75, 3.05) is 33.3 Å². The van der Waals surface area contributed by atoms with E-state index in [1.807, 2.05) is 29.2 Å². The Kier molecular flexibility index (Phi) is 5.53. The predicted molar refractivity (Wildman–Crippen MR) is 121 cm³/mol. The summed E-state index contributed by atoms with van der Waals surface area (Å²) in [6.45, 7) is 1.92. The summed E-state index contributed by atoms with van der Waals surface area (Å²) >= 11 is 0. The normalized spacial score (nSPS) is 16.2. The fraction of sp³-hybridized carbons (Fsp3) is 0.375. The number of aromatic nitrogens is 3. The summed E-state index contributed by atoms with van der Waals surface area (Å²) in [7, 11) is 1.58. The molecule has 2 amide bonds. The molecule has 3 aromatic rings. The number of hydrogen-bond donors (Lipinski definition) is 0. The van der Waals surface area contributed by atoms with Gasteiger partial charge in [-0.25, -0.2) is 9.97 Å². The Morgan fingerprint density at radius 1 is 1.03 bits per heavy atom. The maximum atomic E-state index is 13.4. The molecule has 2 aromatic heterocycles. The van der Waals surface area contributed by atoms with Crippen LogP contribution in [-0.2, 0) is 11.3 Å². The summed E-state index contributed by atoms with van der Waals surface area (Å²) in [6, 6.07) is 10.9. The van der Waals surface area contributed by atoms with E-state index >= 15 is 0 Å². The van der Waals surface area contributed by atoms with Crippen LogP contribution >= 0.6 is 0 Å². The van der Waals surface area contributed by atoms with Gasteiger partial charge in [-0.1, -0.05) is 18.2 Å². The molecule has 170 valence electrons. The van der Waals surface area contributed by atoms with Gasteiger partial charge in [0.1, 0.15) is 11.3 Å². The van der Waals surface area contributed by atoms with Gasteiger partial charge in [0.05, 0.1) is 13.7 Å². The first kappa shape index (κ1) is 21.1. The molecule has 0 atom stereocenters. The summed E-state index contributed by atoms with van der Waals surface area (Å²) in [4.78, 5) is 51.2. The molecule has 1 aliphatic carbocycles. The summed E-state index contributed by atoms with van der Waals surface area (Å²) < 4.78 is 6.91. The van der Waals surface area contributed by atoms with Crippen molar-refractivity contribution in [2.24, 2.45) is 5.92 Å². The zero-order chi connectivity index (χ0) is 22.9. The molecule has 1 saturated carbocycles. The van der Waals surface area contributed by atoms with Gasteiger partial charge in [-0.15, -0.1) is 0 Å². The topological polar surface area (TPSA) is 97.6 Å². The molecule has 9 nitrogen and oxygen atoms in total. The van der Waals surface area contributed by atoms with Gasteiger partial charge in [0, 0.05) is 43.9 Å². The first-order valence-corrected chi connectivity index (χ1v) is 11.1. The Hall–Kier alpha value is -3.75. The lowest BCUT2D eigenvalue weighted by Gasteiger charge is -2.34. The quantitative estimate of drug-likeness (QED) is 0.589. The van der Waals surface area contributed by atoms with E-state index in [2.05, 4.69) is 9.97 Å². The third kappa shape index (κ3) is 4.06. The fourth-order valence-electron chi connectivity index (χ4n) is 4.23. The first-order chi connectivity index (χ1) is 16.1. The number of ether oxygens (including phenoxy) is 1. The number of para-hydroxylation sites is 1. The van der Waals surface area contributed by atoms with Crippen LogP contribution in [0, 0.1) is 5.92 Å². The van der Waals surface area contributed by atoms with Crippen LogP contribution in [0.25, 0.3) is 11.2 Å². The average Bonchev–Trinajstić information content (AvgIpc) is 3.71. The van der Waals surface area contributed by atoms with Crippen LogP contribution in [0.4, 0.5) is 0 Å². The minimum atomic E-state index is -0.492. The van der Waals surface area contributed by atoms with Crippen LogP contribution < -0.4 is 10.3 Å². The summed E-state index contributed by atoms with van der Waals surface area (Å²) in [6.07, 6.45) is 3.51. The fourth-order valence-corrected chi connectivity index (χ4v) is 4.23. The Morgan fingerprint density at radius 3 is 2.48 bits per heavy atom. The molecule has 1 saturated heterocycles. The third-order valence-corrected chi connectivity index (χ3v) is 6.23. The van der Waals surface area contributed by atoms with E-state index in [-0.39, 0.29) is 24.1 Å². The minimum Gasteiger partial charge on any atom is -0.496 e. The molecule has 0 unspecified atom stereocenters. The second kappa shape index (κ2) is 8.65. The highest BCUT2D eigenvalue weighted by atomic mass is 16.5. The summed E-state index contributed by atoms with van der Waals surface area (Å²) in [5.74, 6) is 0.563. The zero-order valence-electron chi connectivity index (χ0n) is 18.4. The van der Waals surface area contributed by atoms with Crippen molar-refractivity contribution in [1.29, 1.82) is 0 Å². The summed E-state index contributed by atoms with van der Waals surface area (Å²) in [5.41, 5.74) is 1.05. The molecule has 0 spiro atoms. The molecule has 2 fully saturated rings. The molecular formula is C24H25N5O4. The van der Waals surface area contributed by atoms with Gasteiger partial charge in [-0.2, -0.15) is 0 Å². The molecule has 5 rings (SSSR count). The van der Waals surface area contributed by atoms with Crippen LogP contribution in [0.1, 0.15) is 28.9 Å². The monoisotopic (exact) mass is 447 g/mol. The van der Waals surface area contributed by atoms with Crippen LogP contribution in [0.5, 0.6) is 5.75 Å². The lowest BCUT2D eigenvalue weighted by molar-refractivity contribution is -0.134. The molecule has 0 N–H and O–H groups in total. The van der Waals surface area contributed by atoms with Gasteiger partial charge in [0.15, 0.2) is 11.3 Å². The van der Waals surface area contributed by atoms with Gasteiger partial charge in [-0.3, -0.25) is 19.0 Å².